The molecular formula is C12H26N2O. The number of nitrogens with one attached hydrogen (secondary N) is 1. The first-order valence-electron chi connectivity index (χ1n) is 6.25. The number of nitrogens with two attached hydrogens (primary N) is 1. The molecule has 1 aliphatic rings. The van der Waals surface area contributed by atoms with Crippen LogP contribution < -0.4 is 11.1 Å². The fraction of sp³-hybridized carbons (Fsp3) is 1.00. The first-order valence-corrected chi connectivity index (χ1v) is 6.25. The summed E-state index contributed by atoms with van der Waals surface area (Å²) in [6.45, 7) is 7.83. The molecule has 0 aliphatic heterocycles. The molecule has 1 aliphatic carbocycles. The van der Waals surface area contributed by atoms with E-state index in [1.165, 1.54) is 19.3 Å². The van der Waals surface area contributed by atoms with E-state index >= 15 is 0 Å². The van der Waals surface area contributed by atoms with Crippen LogP contribution in [-0.4, -0.2) is 32.3 Å². The van der Waals surface area contributed by atoms with Gasteiger partial charge in [0.15, 0.2) is 0 Å². The quantitative estimate of drug-likeness (QED) is 0.629. The highest BCUT2D eigenvalue weighted by atomic mass is 16.5. The second-order valence-electron chi connectivity index (χ2n) is 4.96. The van der Waals surface area contributed by atoms with Crippen LogP contribution >= 0.6 is 0 Å². The molecule has 0 saturated heterocycles. The van der Waals surface area contributed by atoms with E-state index in [-0.39, 0.29) is 0 Å². The van der Waals surface area contributed by atoms with Gasteiger partial charge in [-0.15, -0.1) is 0 Å². The smallest absolute Gasteiger partial charge is 0.0591 e. The molecule has 0 spiro atoms. The van der Waals surface area contributed by atoms with Crippen LogP contribution in [0.1, 0.15) is 33.1 Å². The molecule has 0 bridgehead atoms. The lowest BCUT2D eigenvalue weighted by Gasteiger charge is -2.19. The third-order valence-corrected chi connectivity index (χ3v) is 3.07. The molecule has 0 radical (unpaired) electrons. The SMILES string of the molecule is CC(C)COCCNC1CCCC1CN. The molecule has 0 aromatic heterocycles. The van der Waals surface area contributed by atoms with E-state index in [1.807, 2.05) is 0 Å². The third kappa shape index (κ3) is 4.96. The largest absolute Gasteiger partial charge is 0.380 e. The highest BCUT2D eigenvalue weighted by Gasteiger charge is 2.24. The van der Waals surface area contributed by atoms with Gasteiger partial charge in [-0.05, 0) is 31.2 Å². The van der Waals surface area contributed by atoms with Crippen molar-refractivity contribution in [2.75, 3.05) is 26.3 Å². The lowest BCUT2D eigenvalue weighted by molar-refractivity contribution is 0.109. The molecule has 1 fully saturated rings. The number of hydrogen-bond donors (Lipinski definition) is 2. The monoisotopic (exact) mass is 214 g/mol. The van der Waals surface area contributed by atoms with Gasteiger partial charge >= 0.3 is 0 Å². The third-order valence-electron chi connectivity index (χ3n) is 3.07. The maximum Gasteiger partial charge on any atom is 0.0591 e. The van der Waals surface area contributed by atoms with Gasteiger partial charge in [0.05, 0.1) is 6.61 Å². The molecule has 3 N–H and O–H groups in total. The molecule has 3 nitrogen and oxygen atoms in total. The normalized spacial score (nSPS) is 26.4. The molecule has 2 atom stereocenters. The summed E-state index contributed by atoms with van der Waals surface area (Å²) >= 11 is 0. The minimum Gasteiger partial charge on any atom is -0.380 e. The summed E-state index contributed by atoms with van der Waals surface area (Å²) in [6, 6.07) is 0.637. The maximum atomic E-state index is 5.72. The number of hydrogen-bond acceptors (Lipinski definition) is 3. The van der Waals surface area contributed by atoms with Gasteiger partial charge in [-0.2, -0.15) is 0 Å². The molecule has 0 heterocycles. The minimum atomic E-state index is 0.633. The average Bonchev–Trinajstić information content (AvgIpc) is 2.64. The molecule has 1 saturated carbocycles. The first kappa shape index (κ1) is 12.9. The predicted molar refractivity (Wildman–Crippen MR) is 63.8 cm³/mol. The Morgan fingerprint density at radius 1 is 1.40 bits per heavy atom. The van der Waals surface area contributed by atoms with Gasteiger partial charge in [0.1, 0.15) is 0 Å². The molecule has 0 aromatic carbocycles. The molecule has 15 heavy (non-hydrogen) atoms. The van der Waals surface area contributed by atoms with Gasteiger partial charge in [0.2, 0.25) is 0 Å². The van der Waals surface area contributed by atoms with Gasteiger partial charge in [-0.1, -0.05) is 20.3 Å². The van der Waals surface area contributed by atoms with Crippen LogP contribution in [0.3, 0.4) is 0 Å². The lowest BCUT2D eigenvalue weighted by atomic mass is 10.0. The summed E-state index contributed by atoms with van der Waals surface area (Å²) < 4.78 is 5.53. The van der Waals surface area contributed by atoms with Crippen LogP contribution in [0, 0.1) is 11.8 Å². The summed E-state index contributed by atoms with van der Waals surface area (Å²) in [6.07, 6.45) is 3.90. The molecule has 3 heteroatoms. The zero-order valence-corrected chi connectivity index (χ0v) is 10.2. The topological polar surface area (TPSA) is 47.3 Å². The number of ether oxygens (including phenoxy) is 1. The molecule has 1 rings (SSSR count). The second kappa shape index (κ2) is 7.20. The van der Waals surface area contributed by atoms with Gasteiger partial charge in [0.25, 0.3) is 0 Å². The Labute approximate surface area is 93.8 Å². The number of rotatable bonds is 7. The van der Waals surface area contributed by atoms with Gasteiger partial charge in [-0.25, -0.2) is 0 Å². The predicted octanol–water partition coefficient (Wildman–Crippen LogP) is 1.38. The van der Waals surface area contributed by atoms with Gasteiger partial charge < -0.3 is 15.8 Å². The second-order valence-corrected chi connectivity index (χ2v) is 4.96. The van der Waals surface area contributed by atoms with Crippen LogP contribution in [-0.2, 0) is 4.74 Å². The van der Waals surface area contributed by atoms with Crippen LogP contribution in [0.4, 0.5) is 0 Å². The van der Waals surface area contributed by atoms with Crippen molar-refractivity contribution in [3.05, 3.63) is 0 Å². The van der Waals surface area contributed by atoms with Crippen LogP contribution in [0.15, 0.2) is 0 Å². The zero-order chi connectivity index (χ0) is 11.1. The van der Waals surface area contributed by atoms with E-state index in [9.17, 15) is 0 Å². The molecule has 0 aromatic rings. The summed E-state index contributed by atoms with van der Waals surface area (Å²) in [5.41, 5.74) is 5.72. The van der Waals surface area contributed by atoms with Crippen molar-refractivity contribution >= 4 is 0 Å². The van der Waals surface area contributed by atoms with Crippen molar-refractivity contribution in [3.8, 4) is 0 Å². The maximum absolute atomic E-state index is 5.72. The Morgan fingerprint density at radius 3 is 2.87 bits per heavy atom. The van der Waals surface area contributed by atoms with Crippen molar-refractivity contribution in [3.63, 3.8) is 0 Å². The Balaban J connectivity index is 1.99. The Morgan fingerprint density at radius 2 is 2.20 bits per heavy atom. The zero-order valence-electron chi connectivity index (χ0n) is 10.2. The first-order chi connectivity index (χ1) is 7.24. The van der Waals surface area contributed by atoms with Crippen molar-refractivity contribution in [1.82, 2.24) is 5.32 Å². The summed E-state index contributed by atoms with van der Waals surface area (Å²) in [5, 5.41) is 3.55. The van der Waals surface area contributed by atoms with Gasteiger partial charge in [-0.3, -0.25) is 0 Å². The summed E-state index contributed by atoms with van der Waals surface area (Å²) in [4.78, 5) is 0. The van der Waals surface area contributed by atoms with E-state index in [2.05, 4.69) is 19.2 Å². The fourth-order valence-corrected chi connectivity index (χ4v) is 2.22. The standard InChI is InChI=1S/C12H26N2O/c1-10(2)9-15-7-6-14-12-5-3-4-11(12)8-13/h10-12,14H,3-9,13H2,1-2H3. The summed E-state index contributed by atoms with van der Waals surface area (Å²) in [5.74, 6) is 1.32. The Bertz CT molecular complexity index is 162. The Hall–Kier alpha value is -0.120. The van der Waals surface area contributed by atoms with Crippen molar-refractivity contribution in [2.24, 2.45) is 17.6 Å². The van der Waals surface area contributed by atoms with E-state index in [4.69, 9.17) is 10.5 Å². The van der Waals surface area contributed by atoms with E-state index < -0.39 is 0 Å². The van der Waals surface area contributed by atoms with E-state index in [0.29, 0.717) is 17.9 Å². The Kier molecular flexibility index (Phi) is 6.22. The fourth-order valence-electron chi connectivity index (χ4n) is 2.22. The lowest BCUT2D eigenvalue weighted by Crippen LogP contribution is -2.37. The van der Waals surface area contributed by atoms with Crippen molar-refractivity contribution < 1.29 is 4.74 Å². The molecule has 2 unspecified atom stereocenters. The van der Waals surface area contributed by atoms with Crippen LogP contribution in [0.2, 0.25) is 0 Å². The van der Waals surface area contributed by atoms with Crippen LogP contribution in [0.25, 0.3) is 0 Å². The highest BCUT2D eigenvalue weighted by Crippen LogP contribution is 2.24. The highest BCUT2D eigenvalue weighted by molar-refractivity contribution is 4.83. The van der Waals surface area contributed by atoms with Crippen molar-refractivity contribution in [1.29, 1.82) is 0 Å². The van der Waals surface area contributed by atoms with Gasteiger partial charge in [0, 0.05) is 19.2 Å². The minimum absolute atomic E-state index is 0.633. The molecule has 0 amide bonds. The summed E-state index contributed by atoms with van der Waals surface area (Å²) in [7, 11) is 0. The molecular weight excluding hydrogens is 188 g/mol. The average molecular weight is 214 g/mol. The molecule has 90 valence electrons. The van der Waals surface area contributed by atoms with Crippen molar-refractivity contribution in [2.45, 2.75) is 39.2 Å². The van der Waals surface area contributed by atoms with E-state index in [0.717, 1.165) is 26.3 Å². The van der Waals surface area contributed by atoms with E-state index in [1.54, 1.807) is 0 Å². The van der Waals surface area contributed by atoms with Crippen LogP contribution in [0.5, 0.6) is 0 Å².